The number of nitrogens with one attached hydrogen (secondary N) is 1. The predicted octanol–water partition coefficient (Wildman–Crippen LogP) is 5.02. The maximum atomic E-state index is 13.4. The Labute approximate surface area is 188 Å². The predicted molar refractivity (Wildman–Crippen MR) is 120 cm³/mol. The number of hydrogen-bond donors (Lipinski definition) is 1. The zero-order chi connectivity index (χ0) is 21.6. The number of sulfonamides is 1. The van der Waals surface area contributed by atoms with Gasteiger partial charge in [-0.05, 0) is 36.6 Å². The average Bonchev–Trinajstić information content (AvgIpc) is 2.98. The molecule has 1 fully saturated rings. The molecule has 0 aromatic heterocycles. The lowest BCUT2D eigenvalue weighted by Crippen LogP contribution is -2.43. The van der Waals surface area contributed by atoms with Crippen molar-refractivity contribution >= 4 is 39.1 Å². The number of rotatable bonds is 7. The van der Waals surface area contributed by atoms with E-state index in [1.54, 1.807) is 0 Å². The summed E-state index contributed by atoms with van der Waals surface area (Å²) in [6, 6.07) is 13.6. The highest BCUT2D eigenvalue weighted by atomic mass is 35.5. The van der Waals surface area contributed by atoms with E-state index >= 15 is 0 Å². The van der Waals surface area contributed by atoms with Crippen molar-refractivity contribution in [1.29, 1.82) is 0 Å². The van der Waals surface area contributed by atoms with Crippen LogP contribution in [0, 0.1) is 0 Å². The molecular weight excluding hydrogens is 443 g/mol. The van der Waals surface area contributed by atoms with Crippen LogP contribution in [-0.4, -0.2) is 31.2 Å². The Morgan fingerprint density at radius 3 is 2.33 bits per heavy atom. The van der Waals surface area contributed by atoms with Crippen molar-refractivity contribution in [2.24, 2.45) is 0 Å². The van der Waals surface area contributed by atoms with E-state index < -0.39 is 10.0 Å². The molecule has 2 aromatic rings. The van der Waals surface area contributed by atoms with Crippen LogP contribution in [-0.2, 0) is 21.4 Å². The number of halogens is 2. The van der Waals surface area contributed by atoms with E-state index in [-0.39, 0.29) is 40.0 Å². The Balaban J connectivity index is 1.84. The Kier molecular flexibility index (Phi) is 8.17. The van der Waals surface area contributed by atoms with Crippen LogP contribution in [0.2, 0.25) is 10.0 Å². The van der Waals surface area contributed by atoms with Crippen molar-refractivity contribution in [3.63, 3.8) is 0 Å². The van der Waals surface area contributed by atoms with Crippen LogP contribution in [0.1, 0.15) is 44.1 Å². The van der Waals surface area contributed by atoms with Crippen molar-refractivity contribution in [3.8, 4) is 0 Å². The third kappa shape index (κ3) is 6.20. The van der Waals surface area contributed by atoms with Crippen LogP contribution in [0.25, 0.3) is 0 Å². The number of nitrogens with zero attached hydrogens (tertiary/aromatic N) is 1. The second-order valence-corrected chi connectivity index (χ2v) is 10.3. The number of carbonyl (C=O) groups excluding carboxylic acids is 1. The van der Waals surface area contributed by atoms with Gasteiger partial charge in [-0.15, -0.1) is 0 Å². The Bertz CT molecular complexity index is 960. The summed E-state index contributed by atoms with van der Waals surface area (Å²) in [6.45, 7) is -0.222. The van der Waals surface area contributed by atoms with E-state index in [2.05, 4.69) is 5.32 Å². The molecule has 1 amide bonds. The van der Waals surface area contributed by atoms with Crippen molar-refractivity contribution in [2.45, 2.75) is 56.0 Å². The normalized spacial score (nSPS) is 15.7. The van der Waals surface area contributed by atoms with Gasteiger partial charge in [-0.1, -0.05) is 79.2 Å². The van der Waals surface area contributed by atoms with E-state index in [0.717, 1.165) is 35.6 Å². The molecule has 0 saturated heterocycles. The van der Waals surface area contributed by atoms with Crippen molar-refractivity contribution in [3.05, 3.63) is 64.1 Å². The monoisotopic (exact) mass is 468 g/mol. The Hall–Kier alpha value is -1.60. The van der Waals surface area contributed by atoms with Crippen molar-refractivity contribution in [1.82, 2.24) is 9.62 Å². The molecule has 0 heterocycles. The van der Waals surface area contributed by atoms with E-state index in [4.69, 9.17) is 23.2 Å². The molecule has 0 radical (unpaired) electrons. The maximum Gasteiger partial charge on any atom is 0.245 e. The summed E-state index contributed by atoms with van der Waals surface area (Å²) in [5.41, 5.74) is 0.779. The summed E-state index contributed by atoms with van der Waals surface area (Å²) in [6.07, 6.45) is 6.36. The molecule has 1 aliphatic rings. The molecular formula is C22H26Cl2N2O3S. The molecule has 0 aliphatic heterocycles. The topological polar surface area (TPSA) is 66.5 Å². The summed E-state index contributed by atoms with van der Waals surface area (Å²) < 4.78 is 27.9. The summed E-state index contributed by atoms with van der Waals surface area (Å²) in [4.78, 5) is 12.7. The molecule has 30 heavy (non-hydrogen) atoms. The fourth-order valence-corrected chi connectivity index (χ4v) is 5.81. The fraction of sp³-hybridized carbons (Fsp3) is 0.409. The third-order valence-electron chi connectivity index (χ3n) is 5.25. The largest absolute Gasteiger partial charge is 0.352 e. The molecule has 0 spiro atoms. The first kappa shape index (κ1) is 23.1. The molecule has 2 aromatic carbocycles. The molecule has 0 bridgehead atoms. The lowest BCUT2D eigenvalue weighted by molar-refractivity contribution is -0.122. The van der Waals surface area contributed by atoms with Crippen LogP contribution in [0.5, 0.6) is 0 Å². The lowest BCUT2D eigenvalue weighted by atomic mass is 10.1. The molecule has 1 N–H and O–H groups in total. The highest BCUT2D eigenvalue weighted by molar-refractivity contribution is 7.89. The van der Waals surface area contributed by atoms with Gasteiger partial charge in [-0.3, -0.25) is 4.79 Å². The standard InChI is InChI=1S/C22H26Cl2N2O3S/c23-18-12-13-20(24)21(14-18)30(28,29)26(15-17-8-4-3-5-9-17)16-22(27)25-19-10-6-1-2-7-11-19/h3-5,8-9,12-14,19H,1-2,6-7,10-11,15-16H2,(H,25,27). The fourth-order valence-electron chi connectivity index (χ4n) is 3.68. The van der Waals surface area contributed by atoms with E-state index in [0.29, 0.717) is 0 Å². The first-order chi connectivity index (χ1) is 14.4. The van der Waals surface area contributed by atoms with Gasteiger partial charge in [0.25, 0.3) is 0 Å². The van der Waals surface area contributed by atoms with Crippen LogP contribution in [0.4, 0.5) is 0 Å². The number of benzene rings is 2. The Morgan fingerprint density at radius 1 is 1.00 bits per heavy atom. The summed E-state index contributed by atoms with van der Waals surface area (Å²) in [5, 5.41) is 3.36. The molecule has 0 unspecified atom stereocenters. The molecule has 0 atom stereocenters. The second-order valence-electron chi connectivity index (χ2n) is 7.59. The SMILES string of the molecule is O=C(CN(Cc1ccccc1)S(=O)(=O)c1cc(Cl)ccc1Cl)NC1CCCCCC1. The van der Waals surface area contributed by atoms with Crippen LogP contribution in [0.3, 0.4) is 0 Å². The van der Waals surface area contributed by atoms with Gasteiger partial charge in [0.05, 0.1) is 11.6 Å². The van der Waals surface area contributed by atoms with E-state index in [9.17, 15) is 13.2 Å². The number of hydrogen-bond acceptors (Lipinski definition) is 3. The minimum atomic E-state index is -4.04. The molecule has 5 nitrogen and oxygen atoms in total. The second kappa shape index (κ2) is 10.6. The van der Waals surface area contributed by atoms with Crippen molar-refractivity contribution < 1.29 is 13.2 Å². The van der Waals surface area contributed by atoms with Gasteiger partial charge in [-0.25, -0.2) is 8.42 Å². The summed E-state index contributed by atoms with van der Waals surface area (Å²) in [7, 11) is -4.04. The quantitative estimate of drug-likeness (QED) is 0.579. The zero-order valence-electron chi connectivity index (χ0n) is 16.7. The van der Waals surface area contributed by atoms with Gasteiger partial charge in [0.2, 0.25) is 15.9 Å². The summed E-state index contributed by atoms with van der Waals surface area (Å²) in [5.74, 6) is -0.306. The van der Waals surface area contributed by atoms with Crippen molar-refractivity contribution in [2.75, 3.05) is 6.54 Å². The van der Waals surface area contributed by atoms with Gasteiger partial charge in [-0.2, -0.15) is 4.31 Å². The Morgan fingerprint density at radius 2 is 1.67 bits per heavy atom. The smallest absolute Gasteiger partial charge is 0.245 e. The van der Waals surface area contributed by atoms with E-state index in [1.807, 2.05) is 30.3 Å². The highest BCUT2D eigenvalue weighted by Crippen LogP contribution is 2.28. The van der Waals surface area contributed by atoms with Gasteiger partial charge in [0, 0.05) is 17.6 Å². The summed E-state index contributed by atoms with van der Waals surface area (Å²) >= 11 is 12.2. The molecule has 8 heteroatoms. The van der Waals surface area contributed by atoms with Gasteiger partial charge < -0.3 is 5.32 Å². The maximum absolute atomic E-state index is 13.4. The number of carbonyl (C=O) groups is 1. The highest BCUT2D eigenvalue weighted by Gasteiger charge is 2.30. The first-order valence-corrected chi connectivity index (χ1v) is 12.3. The minimum Gasteiger partial charge on any atom is -0.352 e. The third-order valence-corrected chi connectivity index (χ3v) is 7.76. The van der Waals surface area contributed by atoms with Gasteiger partial charge in [0.15, 0.2) is 0 Å². The minimum absolute atomic E-state index is 0.0596. The van der Waals surface area contributed by atoms with Gasteiger partial charge >= 0.3 is 0 Å². The molecule has 162 valence electrons. The first-order valence-electron chi connectivity index (χ1n) is 10.1. The number of amides is 1. The molecule has 1 saturated carbocycles. The van der Waals surface area contributed by atoms with Crippen LogP contribution >= 0.6 is 23.2 Å². The zero-order valence-corrected chi connectivity index (χ0v) is 19.0. The molecule has 1 aliphatic carbocycles. The van der Waals surface area contributed by atoms with Gasteiger partial charge in [0.1, 0.15) is 4.90 Å². The van der Waals surface area contributed by atoms with Crippen LogP contribution < -0.4 is 5.32 Å². The van der Waals surface area contributed by atoms with Crippen LogP contribution in [0.15, 0.2) is 53.4 Å². The molecule has 3 rings (SSSR count). The van der Waals surface area contributed by atoms with E-state index in [1.165, 1.54) is 31.0 Å². The lowest BCUT2D eigenvalue weighted by Gasteiger charge is -2.24. The average molecular weight is 469 g/mol.